The summed E-state index contributed by atoms with van der Waals surface area (Å²) in [4.78, 5) is 18.0. The zero-order chi connectivity index (χ0) is 86.1. The summed E-state index contributed by atoms with van der Waals surface area (Å²) in [6.45, 7) is 4.23. The first kappa shape index (κ1) is 82.2. The van der Waals surface area contributed by atoms with Crippen molar-refractivity contribution in [2.75, 3.05) is 74.5 Å². The molecule has 0 saturated carbocycles. The number of anilines is 20. The Kier molecular flexibility index (Phi) is 25.3. The Morgan fingerprint density at radius 3 is 0.706 bits per heavy atom. The maximum absolute atomic E-state index is 5.26. The van der Waals surface area contributed by atoms with E-state index in [4.69, 9.17) is 4.74 Å². The first-order valence-electron chi connectivity index (χ1n) is 42.8. The second-order valence-corrected chi connectivity index (χ2v) is 31.3. The maximum atomic E-state index is 5.26. The summed E-state index contributed by atoms with van der Waals surface area (Å²) in [6, 6.07) is 169. The number of para-hydroxylation sites is 8. The Morgan fingerprint density at radius 2 is 0.397 bits per heavy atom. The molecule has 0 aliphatic carbocycles. The number of methoxy groups -OCH3 is 1. The first-order valence-corrected chi connectivity index (χ1v) is 42.8. The van der Waals surface area contributed by atoms with Crippen LogP contribution in [-0.4, -0.2) is 35.3 Å². The van der Waals surface area contributed by atoms with E-state index in [0.29, 0.717) is 0 Å². The molecule has 0 unspecified atom stereocenters. The lowest BCUT2D eigenvalue weighted by Gasteiger charge is -2.27. The van der Waals surface area contributed by atoms with Crippen LogP contribution in [0.5, 0.6) is 5.75 Å². The van der Waals surface area contributed by atoms with Crippen molar-refractivity contribution >= 4 is 157 Å². The van der Waals surface area contributed by atoms with Crippen molar-refractivity contribution in [1.29, 1.82) is 0 Å². The molecular formula is C117H100N8O. The second-order valence-electron chi connectivity index (χ2n) is 31.3. The smallest absolute Gasteiger partial charge is 0.119 e. The van der Waals surface area contributed by atoms with Crippen molar-refractivity contribution in [1.82, 2.24) is 0 Å². The third kappa shape index (κ3) is 18.4. The highest BCUT2D eigenvalue weighted by Crippen LogP contribution is 2.46. The SMILES string of the molecule is CN(c1ccc(N(c2ccccc2)c2ccccc2)cc1)c1ccc2c3cccc4cccc(c5cccc1c52)c43.COc1ccc(N(C)c2ccc(N(c3ccccc3)c3ccccc3)cc2)cc1.Cc1ccc(N(C)c2ccc(N(c3ccccc3)c3ccccc3)cc2)cc1.Cc1cccc(N(C)c2ccc(N(c3ccccc3)c3ccccc3)cc2)c1. The quantitative estimate of drug-likeness (QED) is 0.0516. The van der Waals surface area contributed by atoms with Gasteiger partial charge in [0.15, 0.2) is 0 Å². The van der Waals surface area contributed by atoms with Crippen LogP contribution < -0.4 is 43.9 Å². The van der Waals surface area contributed by atoms with Gasteiger partial charge in [0, 0.05) is 147 Å². The molecule has 0 amide bonds. The fourth-order valence-electron chi connectivity index (χ4n) is 16.6. The summed E-state index contributed by atoms with van der Waals surface area (Å²) in [6.07, 6.45) is 0. The standard InChI is InChI=1S/C39H28N2.C26H24N2O.2C26H24N2/c1-40(28-21-23-31(24-22-28)41(29-13-4-2-5-14-29)30-15-6-3-7-16-30)37-26-25-35-33-18-9-12-27-11-8-17-32(38(27)33)34-19-10-20-36(37)39(34)35;1-27(22-17-19-26(29-2)20-18-22)21-13-15-25(16-14-21)28(23-9-5-3-6-10-23)24-11-7-4-8-12-24;1-21-10-9-15-26(20-21)27(2)22-16-18-25(19-17-22)28(23-11-5-3-6-12-23)24-13-7-4-8-14-24;1-21-13-15-22(16-14-21)27(2)23-17-19-26(20-18-23)28(24-9-5-3-6-10-24)25-11-7-4-8-12-25/h2-26H,1H3;3-20H,1-2H3;2*3-20H,1-2H3. The van der Waals surface area contributed by atoms with Gasteiger partial charge in [-0.25, -0.2) is 0 Å². The Hall–Kier alpha value is -16.1. The highest BCUT2D eigenvalue weighted by Gasteiger charge is 2.21. The molecule has 0 aliphatic heterocycles. The average Bonchev–Trinajstić information content (AvgIpc) is 0.715. The van der Waals surface area contributed by atoms with Crippen LogP contribution in [0.2, 0.25) is 0 Å². The molecule has 20 aromatic rings. The minimum atomic E-state index is 0.860. The predicted octanol–water partition coefficient (Wildman–Crippen LogP) is 32.4. The summed E-state index contributed by atoms with van der Waals surface area (Å²) in [5.74, 6) is 0.860. The molecule has 9 nitrogen and oxygen atoms in total. The number of hydrogen-bond donors (Lipinski definition) is 0. The number of rotatable bonds is 21. The Balaban J connectivity index is 0.000000120. The van der Waals surface area contributed by atoms with E-state index < -0.39 is 0 Å². The van der Waals surface area contributed by atoms with Gasteiger partial charge >= 0.3 is 0 Å². The molecule has 0 spiro atoms. The van der Waals surface area contributed by atoms with Gasteiger partial charge in [-0.05, 0) is 306 Å². The zero-order valence-corrected chi connectivity index (χ0v) is 72.1. The number of ether oxygens (including phenoxy) is 1. The van der Waals surface area contributed by atoms with Crippen molar-refractivity contribution in [3.8, 4) is 5.75 Å². The monoisotopic (exact) mass is 1630 g/mol. The fraction of sp³-hybridized carbons (Fsp3) is 0.0598. The molecule has 0 aliphatic rings. The molecular weight excluding hydrogens is 1530 g/mol. The van der Waals surface area contributed by atoms with E-state index in [9.17, 15) is 0 Å². The molecule has 0 N–H and O–H groups in total. The summed E-state index contributed by atoms with van der Waals surface area (Å²) < 4.78 is 5.26. The summed E-state index contributed by atoms with van der Waals surface area (Å²) in [5.41, 5.74) is 25.5. The van der Waals surface area contributed by atoms with Gasteiger partial charge in [-0.15, -0.1) is 0 Å². The van der Waals surface area contributed by atoms with Crippen LogP contribution in [0, 0.1) is 13.8 Å². The van der Waals surface area contributed by atoms with Gasteiger partial charge in [-0.3, -0.25) is 0 Å². The predicted molar refractivity (Wildman–Crippen MR) is 540 cm³/mol. The van der Waals surface area contributed by atoms with Gasteiger partial charge in [-0.2, -0.15) is 0 Å². The molecule has 20 aromatic carbocycles. The highest BCUT2D eigenvalue weighted by molar-refractivity contribution is 6.34. The lowest BCUT2D eigenvalue weighted by molar-refractivity contribution is 0.415. The van der Waals surface area contributed by atoms with Crippen molar-refractivity contribution in [3.05, 3.63) is 490 Å². The number of fused-ring (bicyclic) bond motifs is 2. The molecule has 614 valence electrons. The molecule has 126 heavy (non-hydrogen) atoms. The van der Waals surface area contributed by atoms with Gasteiger partial charge in [0.05, 0.1) is 7.11 Å². The average molecular weight is 1630 g/mol. The van der Waals surface area contributed by atoms with Crippen LogP contribution in [0.15, 0.2) is 479 Å². The molecule has 9 heteroatoms. The van der Waals surface area contributed by atoms with Gasteiger partial charge in [0.25, 0.3) is 0 Å². The van der Waals surface area contributed by atoms with Crippen LogP contribution in [0.4, 0.5) is 114 Å². The topological polar surface area (TPSA) is 35.2 Å². The minimum Gasteiger partial charge on any atom is -0.497 e. The third-order valence-electron chi connectivity index (χ3n) is 23.2. The molecule has 0 atom stereocenters. The van der Waals surface area contributed by atoms with Gasteiger partial charge in [0.1, 0.15) is 5.75 Å². The zero-order valence-electron chi connectivity index (χ0n) is 72.1. The van der Waals surface area contributed by atoms with E-state index in [1.54, 1.807) is 7.11 Å². The summed E-state index contributed by atoms with van der Waals surface area (Å²) in [5, 5.41) is 10.5. The van der Waals surface area contributed by atoms with E-state index in [2.05, 4.69) is 512 Å². The maximum Gasteiger partial charge on any atom is 0.119 e. The third-order valence-corrected chi connectivity index (χ3v) is 23.2. The van der Waals surface area contributed by atoms with E-state index in [1.165, 1.54) is 71.3 Å². The highest BCUT2D eigenvalue weighted by atomic mass is 16.5. The van der Waals surface area contributed by atoms with Crippen molar-refractivity contribution < 1.29 is 4.74 Å². The summed E-state index contributed by atoms with van der Waals surface area (Å²) in [7, 11) is 10.1. The van der Waals surface area contributed by atoms with Crippen LogP contribution in [-0.2, 0) is 0 Å². The number of hydrogen-bond acceptors (Lipinski definition) is 9. The van der Waals surface area contributed by atoms with Crippen molar-refractivity contribution in [2.24, 2.45) is 0 Å². The molecule has 0 bridgehead atoms. The van der Waals surface area contributed by atoms with E-state index in [0.717, 1.165) is 102 Å². The number of aryl methyl sites for hydroxylation is 2. The van der Waals surface area contributed by atoms with E-state index in [1.807, 2.05) is 48.5 Å². The van der Waals surface area contributed by atoms with Crippen molar-refractivity contribution in [3.63, 3.8) is 0 Å². The van der Waals surface area contributed by atoms with Crippen LogP contribution >= 0.6 is 0 Å². The second kappa shape index (κ2) is 38.7. The van der Waals surface area contributed by atoms with Crippen LogP contribution in [0.25, 0.3) is 43.1 Å². The van der Waals surface area contributed by atoms with Gasteiger partial charge < -0.3 is 43.9 Å². The fourth-order valence-corrected chi connectivity index (χ4v) is 16.6. The van der Waals surface area contributed by atoms with Crippen LogP contribution in [0.3, 0.4) is 0 Å². The summed E-state index contributed by atoms with van der Waals surface area (Å²) >= 11 is 0. The Bertz CT molecular complexity index is 6640. The molecule has 0 saturated heterocycles. The van der Waals surface area contributed by atoms with Crippen molar-refractivity contribution in [2.45, 2.75) is 13.8 Å². The van der Waals surface area contributed by atoms with Crippen LogP contribution in [0.1, 0.15) is 11.1 Å². The van der Waals surface area contributed by atoms with E-state index in [-0.39, 0.29) is 0 Å². The molecule has 0 fully saturated rings. The largest absolute Gasteiger partial charge is 0.497 e. The Labute approximate surface area is 741 Å². The lowest BCUT2D eigenvalue weighted by atomic mass is 9.89. The molecule has 0 heterocycles. The molecule has 20 rings (SSSR count). The minimum absolute atomic E-state index is 0.860. The molecule has 0 aromatic heterocycles. The first-order chi connectivity index (χ1) is 62.0. The lowest BCUT2D eigenvalue weighted by Crippen LogP contribution is -2.12. The normalized spacial score (nSPS) is 10.8. The van der Waals surface area contributed by atoms with Gasteiger partial charge in [0.2, 0.25) is 0 Å². The van der Waals surface area contributed by atoms with E-state index >= 15 is 0 Å². The molecule has 0 radical (unpaired) electrons. The Morgan fingerprint density at radius 1 is 0.167 bits per heavy atom. The number of benzene rings is 20. The number of nitrogens with zero attached hydrogens (tertiary/aromatic N) is 8. The van der Waals surface area contributed by atoms with Gasteiger partial charge in [-0.1, -0.05) is 236 Å².